The van der Waals surface area contributed by atoms with Crippen LogP contribution in [-0.4, -0.2) is 26.0 Å². The Balaban J connectivity index is 2.12. The van der Waals surface area contributed by atoms with E-state index in [0.717, 1.165) is 30.0 Å². The average Bonchev–Trinajstić information content (AvgIpc) is 2.88. The van der Waals surface area contributed by atoms with Crippen molar-refractivity contribution >= 4 is 35.0 Å². The van der Waals surface area contributed by atoms with Crippen LogP contribution in [0.15, 0.2) is 23.4 Å². The Kier molecular flexibility index (Phi) is 5.83. The van der Waals surface area contributed by atoms with Gasteiger partial charge in [-0.3, -0.25) is 4.79 Å². The minimum absolute atomic E-state index is 0.00816. The number of carbonyl (C=O) groups is 1. The van der Waals surface area contributed by atoms with E-state index < -0.39 is 22.9 Å². The fraction of sp³-hybridized carbons (Fsp3) is 0.357. The highest BCUT2D eigenvalue weighted by atomic mass is 35.5. The van der Waals surface area contributed by atoms with Crippen molar-refractivity contribution in [2.45, 2.75) is 36.9 Å². The number of hydrogen-bond donors (Lipinski definition) is 2. The van der Waals surface area contributed by atoms with E-state index in [1.165, 1.54) is 4.68 Å². The average molecular weight is 394 g/mol. The lowest BCUT2D eigenvalue weighted by atomic mass is 10.2. The van der Waals surface area contributed by atoms with Gasteiger partial charge in [0.15, 0.2) is 5.82 Å². The van der Waals surface area contributed by atoms with Crippen molar-refractivity contribution in [3.8, 4) is 0 Å². The molecule has 136 valence electrons. The molecule has 2 rings (SSSR count). The quantitative estimate of drug-likeness (QED) is 0.601. The summed E-state index contributed by atoms with van der Waals surface area (Å²) in [4.78, 5) is 12.2. The molecule has 6 nitrogen and oxygen atoms in total. The molecule has 1 atom stereocenters. The highest BCUT2D eigenvalue weighted by molar-refractivity contribution is 8.00. The van der Waals surface area contributed by atoms with Gasteiger partial charge in [0.05, 0.1) is 21.5 Å². The monoisotopic (exact) mass is 393 g/mol. The van der Waals surface area contributed by atoms with Gasteiger partial charge in [-0.05, 0) is 25.1 Å². The summed E-state index contributed by atoms with van der Waals surface area (Å²) in [6.45, 7) is 3.43. The molecule has 1 aromatic carbocycles. The number of nitrogens with zero attached hydrogens (tertiary/aromatic N) is 3. The van der Waals surface area contributed by atoms with Crippen molar-refractivity contribution in [2.24, 2.45) is 0 Å². The number of nitrogen functional groups attached to an aromatic ring is 1. The third kappa shape index (κ3) is 4.57. The van der Waals surface area contributed by atoms with Gasteiger partial charge in [0.25, 0.3) is 0 Å². The molecular formula is C14H15ClF3N5OS. The van der Waals surface area contributed by atoms with Gasteiger partial charge in [-0.15, -0.1) is 10.2 Å². The smallest absolute Gasteiger partial charge is 0.336 e. The number of halogens is 4. The molecule has 3 N–H and O–H groups in total. The van der Waals surface area contributed by atoms with Gasteiger partial charge < -0.3 is 11.2 Å². The molecule has 0 radical (unpaired) electrons. The fourth-order valence-corrected chi connectivity index (χ4v) is 2.83. The first-order valence-corrected chi connectivity index (χ1v) is 8.42. The van der Waals surface area contributed by atoms with Crippen molar-refractivity contribution in [3.05, 3.63) is 34.6 Å². The normalized spacial score (nSPS) is 12.9. The van der Waals surface area contributed by atoms with Crippen molar-refractivity contribution in [2.75, 3.05) is 11.2 Å². The van der Waals surface area contributed by atoms with E-state index in [4.69, 9.17) is 17.4 Å². The molecule has 0 fully saturated rings. The molecule has 25 heavy (non-hydrogen) atoms. The first-order chi connectivity index (χ1) is 11.6. The van der Waals surface area contributed by atoms with Crippen molar-refractivity contribution in [1.29, 1.82) is 0 Å². The van der Waals surface area contributed by atoms with Crippen LogP contribution >= 0.6 is 23.4 Å². The molecule has 2 aromatic rings. The summed E-state index contributed by atoms with van der Waals surface area (Å²) >= 11 is 6.90. The second-order valence-electron chi connectivity index (χ2n) is 5.06. The Morgan fingerprint density at radius 2 is 2.12 bits per heavy atom. The van der Waals surface area contributed by atoms with Crippen molar-refractivity contribution < 1.29 is 18.0 Å². The first kappa shape index (κ1) is 19.4. The molecule has 0 spiro atoms. The van der Waals surface area contributed by atoms with E-state index in [1.54, 1.807) is 6.92 Å². The first-order valence-electron chi connectivity index (χ1n) is 7.17. The third-order valence-corrected chi connectivity index (χ3v) is 4.64. The fourth-order valence-electron chi connectivity index (χ4n) is 1.87. The summed E-state index contributed by atoms with van der Waals surface area (Å²) in [7, 11) is 0. The van der Waals surface area contributed by atoms with E-state index in [0.29, 0.717) is 17.4 Å². The Bertz CT molecular complexity index is 780. The Morgan fingerprint density at radius 3 is 2.68 bits per heavy atom. The minimum Gasteiger partial charge on any atom is -0.336 e. The molecule has 0 saturated heterocycles. The number of hydrogen-bond acceptors (Lipinski definition) is 5. The van der Waals surface area contributed by atoms with Crippen LogP contribution in [0.25, 0.3) is 0 Å². The SMILES string of the molecule is CCc1nnc(S[C@@H](C)C(=O)Nc2cc(C(F)(F)F)ccc2Cl)n1N. The summed E-state index contributed by atoms with van der Waals surface area (Å²) in [6.07, 6.45) is -3.96. The number of benzene rings is 1. The number of aromatic nitrogens is 3. The lowest BCUT2D eigenvalue weighted by Crippen LogP contribution is -2.24. The summed E-state index contributed by atoms with van der Waals surface area (Å²) < 4.78 is 39.6. The molecule has 0 aliphatic heterocycles. The second-order valence-corrected chi connectivity index (χ2v) is 6.78. The number of carbonyl (C=O) groups excluding carboxylic acids is 1. The molecule has 1 heterocycles. The van der Waals surface area contributed by atoms with Gasteiger partial charge in [-0.1, -0.05) is 30.3 Å². The predicted octanol–water partition coefficient (Wildman–Crippen LogP) is 3.35. The van der Waals surface area contributed by atoms with E-state index in [2.05, 4.69) is 15.5 Å². The molecule has 0 unspecified atom stereocenters. The van der Waals surface area contributed by atoms with Crippen LogP contribution in [0.5, 0.6) is 0 Å². The number of aryl methyl sites for hydroxylation is 1. The van der Waals surface area contributed by atoms with Crippen LogP contribution in [0.4, 0.5) is 18.9 Å². The van der Waals surface area contributed by atoms with Gasteiger partial charge in [0, 0.05) is 6.42 Å². The summed E-state index contributed by atoms with van der Waals surface area (Å²) in [6, 6.07) is 2.72. The molecule has 11 heteroatoms. The molecule has 1 aromatic heterocycles. The Labute approximate surface area is 150 Å². The number of thioether (sulfide) groups is 1. The van der Waals surface area contributed by atoms with Gasteiger partial charge in [-0.2, -0.15) is 13.2 Å². The zero-order chi connectivity index (χ0) is 18.8. The number of alkyl halides is 3. The number of anilines is 1. The van der Waals surface area contributed by atoms with E-state index >= 15 is 0 Å². The molecular weight excluding hydrogens is 379 g/mol. The van der Waals surface area contributed by atoms with Crippen molar-refractivity contribution in [1.82, 2.24) is 14.9 Å². The van der Waals surface area contributed by atoms with Gasteiger partial charge in [0.1, 0.15) is 0 Å². The maximum Gasteiger partial charge on any atom is 0.416 e. The standard InChI is InChI=1S/C14H15ClF3N5OS/c1-3-11-21-22-13(23(11)19)25-7(2)12(24)20-10-6-8(14(16,17)18)4-5-9(10)15/h4-7H,3,19H2,1-2H3,(H,20,24)/t7-/m0/s1. The van der Waals surface area contributed by atoms with Gasteiger partial charge >= 0.3 is 6.18 Å². The Hall–Kier alpha value is -1.94. The zero-order valence-electron chi connectivity index (χ0n) is 13.3. The third-order valence-electron chi connectivity index (χ3n) is 3.25. The van der Waals surface area contributed by atoms with Crippen LogP contribution in [-0.2, 0) is 17.4 Å². The Morgan fingerprint density at radius 1 is 1.44 bits per heavy atom. The highest BCUT2D eigenvalue weighted by Crippen LogP contribution is 2.34. The topological polar surface area (TPSA) is 85.8 Å². The summed E-state index contributed by atoms with van der Waals surface area (Å²) in [5, 5.41) is 9.80. The number of amides is 1. The minimum atomic E-state index is -4.53. The second kappa shape index (κ2) is 7.52. The number of nitrogens with one attached hydrogen (secondary N) is 1. The van der Waals surface area contributed by atoms with Gasteiger partial charge in [0.2, 0.25) is 11.1 Å². The highest BCUT2D eigenvalue weighted by Gasteiger charge is 2.31. The number of rotatable bonds is 5. The van der Waals surface area contributed by atoms with Gasteiger partial charge in [-0.25, -0.2) is 4.68 Å². The number of nitrogens with two attached hydrogens (primary N) is 1. The summed E-state index contributed by atoms with van der Waals surface area (Å²) in [5.74, 6) is 5.82. The van der Waals surface area contributed by atoms with E-state index in [9.17, 15) is 18.0 Å². The zero-order valence-corrected chi connectivity index (χ0v) is 14.8. The predicted molar refractivity (Wildman–Crippen MR) is 90.0 cm³/mol. The molecule has 0 bridgehead atoms. The maximum atomic E-state index is 12.8. The van der Waals surface area contributed by atoms with Crippen LogP contribution < -0.4 is 11.2 Å². The van der Waals surface area contributed by atoms with Crippen molar-refractivity contribution in [3.63, 3.8) is 0 Å². The lowest BCUT2D eigenvalue weighted by Gasteiger charge is -2.14. The molecule has 0 saturated carbocycles. The van der Waals surface area contributed by atoms with E-state index in [1.807, 2.05) is 6.92 Å². The molecule has 0 aliphatic rings. The van der Waals surface area contributed by atoms with Crippen LogP contribution in [0.3, 0.4) is 0 Å². The van der Waals surface area contributed by atoms with Crippen LogP contribution in [0.2, 0.25) is 5.02 Å². The molecule has 1 amide bonds. The van der Waals surface area contributed by atoms with E-state index in [-0.39, 0.29) is 10.7 Å². The lowest BCUT2D eigenvalue weighted by molar-refractivity contribution is -0.137. The van der Waals surface area contributed by atoms with Crippen LogP contribution in [0.1, 0.15) is 25.2 Å². The maximum absolute atomic E-state index is 12.8. The van der Waals surface area contributed by atoms with Crippen LogP contribution in [0, 0.1) is 0 Å². The largest absolute Gasteiger partial charge is 0.416 e. The molecule has 0 aliphatic carbocycles. The summed E-state index contributed by atoms with van der Waals surface area (Å²) in [5.41, 5.74) is -1.01.